The Labute approximate surface area is 150 Å². The summed E-state index contributed by atoms with van der Waals surface area (Å²) in [7, 11) is 0. The number of nitrogens with zero attached hydrogens (tertiary/aromatic N) is 3. The second-order valence-corrected chi connectivity index (χ2v) is 6.78. The van der Waals surface area contributed by atoms with Crippen molar-refractivity contribution in [3.05, 3.63) is 67.4 Å². The number of aromatic hydroxyl groups is 1. The zero-order valence-corrected chi connectivity index (χ0v) is 14.8. The summed E-state index contributed by atoms with van der Waals surface area (Å²) in [6.07, 6.45) is 2.95. The first kappa shape index (κ1) is 18.0. The van der Waals surface area contributed by atoms with Crippen LogP contribution >= 0.6 is 11.3 Å². The number of aromatic nitrogens is 3. The topological polar surface area (TPSA) is 77.1 Å². The first-order chi connectivity index (χ1) is 12.3. The van der Waals surface area contributed by atoms with Gasteiger partial charge in [-0.3, -0.25) is 13.9 Å². The second kappa shape index (κ2) is 6.83. The van der Waals surface area contributed by atoms with Crippen molar-refractivity contribution in [1.29, 1.82) is 0 Å². The van der Waals surface area contributed by atoms with Gasteiger partial charge in [0.1, 0.15) is 5.01 Å². The lowest BCUT2D eigenvalue weighted by molar-refractivity contribution is 0.397. The van der Waals surface area contributed by atoms with E-state index in [1.54, 1.807) is 13.8 Å². The lowest BCUT2D eigenvalue weighted by Crippen LogP contribution is -2.40. The summed E-state index contributed by atoms with van der Waals surface area (Å²) in [6, 6.07) is 2.15. The van der Waals surface area contributed by atoms with Gasteiger partial charge >= 0.3 is 5.69 Å². The maximum atomic E-state index is 14.0. The van der Waals surface area contributed by atoms with Crippen LogP contribution in [0.3, 0.4) is 0 Å². The van der Waals surface area contributed by atoms with E-state index in [1.165, 1.54) is 23.0 Å². The van der Waals surface area contributed by atoms with Crippen LogP contribution in [0.1, 0.15) is 17.4 Å². The Morgan fingerprint density at radius 2 is 2.00 bits per heavy atom. The lowest BCUT2D eigenvalue weighted by atomic mass is 10.2. The smallest absolute Gasteiger partial charge is 0.331 e. The molecule has 3 rings (SSSR count). The Morgan fingerprint density at radius 3 is 2.69 bits per heavy atom. The van der Waals surface area contributed by atoms with Gasteiger partial charge in [-0.1, -0.05) is 0 Å². The van der Waals surface area contributed by atoms with Crippen LogP contribution in [0, 0.1) is 18.6 Å². The molecule has 1 aromatic carbocycles. The number of halogens is 2. The molecule has 0 spiro atoms. The van der Waals surface area contributed by atoms with Crippen molar-refractivity contribution in [2.45, 2.75) is 26.9 Å². The van der Waals surface area contributed by atoms with E-state index in [1.807, 2.05) is 0 Å². The monoisotopic (exact) mass is 379 g/mol. The minimum absolute atomic E-state index is 0.0257. The number of benzene rings is 1. The van der Waals surface area contributed by atoms with Crippen LogP contribution in [0.15, 0.2) is 34.1 Å². The van der Waals surface area contributed by atoms with Crippen molar-refractivity contribution in [1.82, 2.24) is 14.1 Å². The van der Waals surface area contributed by atoms with Crippen molar-refractivity contribution < 1.29 is 13.9 Å². The fraction of sp³-hybridized carbons (Fsp3) is 0.235. The molecule has 0 saturated heterocycles. The Morgan fingerprint density at radius 1 is 1.27 bits per heavy atom. The van der Waals surface area contributed by atoms with E-state index in [4.69, 9.17) is 0 Å². The highest BCUT2D eigenvalue weighted by Crippen LogP contribution is 2.33. The summed E-state index contributed by atoms with van der Waals surface area (Å²) in [6.45, 7) is 3.75. The second-order valence-electron chi connectivity index (χ2n) is 5.66. The van der Waals surface area contributed by atoms with Crippen molar-refractivity contribution in [2.24, 2.45) is 0 Å². The first-order valence-corrected chi connectivity index (χ1v) is 8.58. The van der Waals surface area contributed by atoms with Crippen LogP contribution in [0.5, 0.6) is 5.75 Å². The number of hydrogen-bond acceptors (Lipinski definition) is 5. The molecule has 0 radical (unpaired) electrons. The van der Waals surface area contributed by atoms with E-state index in [0.29, 0.717) is 10.4 Å². The van der Waals surface area contributed by atoms with Gasteiger partial charge in [-0.25, -0.2) is 18.6 Å². The Hall–Kier alpha value is -2.81. The zero-order valence-electron chi connectivity index (χ0n) is 14.0. The van der Waals surface area contributed by atoms with Crippen LogP contribution in [-0.4, -0.2) is 19.2 Å². The van der Waals surface area contributed by atoms with Gasteiger partial charge in [0.25, 0.3) is 5.56 Å². The molecule has 0 saturated carbocycles. The third-order valence-electron chi connectivity index (χ3n) is 3.90. The average Bonchev–Trinajstić information content (AvgIpc) is 3.06. The minimum atomic E-state index is -1.08. The van der Waals surface area contributed by atoms with Gasteiger partial charge in [-0.05, 0) is 26.0 Å². The van der Waals surface area contributed by atoms with Crippen LogP contribution in [0.25, 0.3) is 10.6 Å². The number of phenols is 1. The molecule has 2 heterocycles. The van der Waals surface area contributed by atoms with E-state index < -0.39 is 23.1 Å². The normalized spacial score (nSPS) is 11.1. The predicted molar refractivity (Wildman–Crippen MR) is 93.6 cm³/mol. The molecule has 0 aliphatic carbocycles. The van der Waals surface area contributed by atoms with Gasteiger partial charge in [0.2, 0.25) is 0 Å². The minimum Gasteiger partial charge on any atom is -0.503 e. The summed E-state index contributed by atoms with van der Waals surface area (Å²) in [5.41, 5.74) is -0.362. The van der Waals surface area contributed by atoms with E-state index >= 15 is 0 Å². The quantitative estimate of drug-likeness (QED) is 0.756. The third kappa shape index (κ3) is 3.05. The average molecular weight is 379 g/mol. The molecule has 136 valence electrons. The highest BCUT2D eigenvalue weighted by molar-refractivity contribution is 7.15. The maximum absolute atomic E-state index is 14.0. The van der Waals surface area contributed by atoms with Gasteiger partial charge < -0.3 is 5.11 Å². The predicted octanol–water partition coefficient (Wildman–Crippen LogP) is 2.49. The van der Waals surface area contributed by atoms with Crippen LogP contribution in [0.2, 0.25) is 0 Å². The highest BCUT2D eigenvalue weighted by Gasteiger charge is 2.17. The summed E-state index contributed by atoms with van der Waals surface area (Å²) in [4.78, 5) is 29.1. The first-order valence-electron chi connectivity index (χ1n) is 7.76. The summed E-state index contributed by atoms with van der Waals surface area (Å²) >= 11 is 1.11. The zero-order chi connectivity index (χ0) is 19.0. The standard InChI is InChI=1S/C17H15F2N3O3S/c1-3-22-16(24)9(2)7-21(17(22)25)8-10-6-20-15(26-10)11-4-5-12(18)14(23)13(11)19/h4-7,23H,3,8H2,1-2H3. The van der Waals surface area contributed by atoms with Gasteiger partial charge in [-0.15, -0.1) is 11.3 Å². The van der Waals surface area contributed by atoms with Crippen molar-refractivity contribution in [3.63, 3.8) is 0 Å². The van der Waals surface area contributed by atoms with Crippen LogP contribution < -0.4 is 11.2 Å². The number of hydrogen-bond donors (Lipinski definition) is 1. The molecule has 0 aliphatic heterocycles. The molecule has 0 atom stereocenters. The fourth-order valence-corrected chi connectivity index (χ4v) is 3.50. The molecule has 26 heavy (non-hydrogen) atoms. The Kier molecular flexibility index (Phi) is 4.73. The van der Waals surface area contributed by atoms with E-state index in [2.05, 4.69) is 4.98 Å². The fourth-order valence-electron chi connectivity index (χ4n) is 2.57. The van der Waals surface area contributed by atoms with Crippen molar-refractivity contribution in [2.75, 3.05) is 0 Å². The summed E-state index contributed by atoms with van der Waals surface area (Å²) in [5, 5.41) is 9.64. The maximum Gasteiger partial charge on any atom is 0.331 e. The third-order valence-corrected chi connectivity index (χ3v) is 4.92. The molecule has 6 nitrogen and oxygen atoms in total. The number of thiazole rings is 1. The van der Waals surface area contributed by atoms with Crippen molar-refractivity contribution in [3.8, 4) is 16.3 Å². The molecule has 1 N–H and O–H groups in total. The number of aryl methyl sites for hydroxylation is 1. The van der Waals surface area contributed by atoms with Crippen LogP contribution in [0.4, 0.5) is 8.78 Å². The van der Waals surface area contributed by atoms with Crippen LogP contribution in [-0.2, 0) is 13.1 Å². The molecule has 0 unspecified atom stereocenters. The lowest BCUT2D eigenvalue weighted by Gasteiger charge is -2.09. The largest absolute Gasteiger partial charge is 0.503 e. The molecule has 2 aromatic heterocycles. The van der Waals surface area contributed by atoms with Gasteiger partial charge in [-0.2, -0.15) is 0 Å². The Balaban J connectivity index is 1.98. The van der Waals surface area contributed by atoms with Crippen molar-refractivity contribution >= 4 is 11.3 Å². The molecular weight excluding hydrogens is 364 g/mol. The van der Waals surface area contributed by atoms with Gasteiger partial charge in [0.15, 0.2) is 17.4 Å². The molecule has 0 bridgehead atoms. The summed E-state index contributed by atoms with van der Waals surface area (Å²) in [5.74, 6) is -3.19. The van der Waals surface area contributed by atoms with E-state index in [0.717, 1.165) is 22.0 Å². The SMILES string of the molecule is CCn1c(=O)c(C)cn(Cc2cnc(-c3ccc(F)c(O)c3F)s2)c1=O. The molecule has 9 heteroatoms. The van der Waals surface area contributed by atoms with Gasteiger partial charge in [0.05, 0.1) is 12.1 Å². The molecule has 3 aromatic rings. The highest BCUT2D eigenvalue weighted by atomic mass is 32.1. The molecular formula is C17H15F2N3O3S. The Bertz CT molecular complexity index is 1100. The van der Waals surface area contributed by atoms with E-state index in [9.17, 15) is 23.5 Å². The molecule has 0 aliphatic rings. The number of rotatable bonds is 4. The number of phenolic OH excluding ortho intramolecular Hbond substituents is 1. The summed E-state index contributed by atoms with van der Waals surface area (Å²) < 4.78 is 29.7. The molecule has 0 amide bonds. The van der Waals surface area contributed by atoms with E-state index in [-0.39, 0.29) is 29.2 Å². The van der Waals surface area contributed by atoms with Gasteiger partial charge in [0, 0.05) is 29.4 Å². The molecule has 0 fully saturated rings.